The lowest BCUT2D eigenvalue weighted by Crippen LogP contribution is -2.56. The van der Waals surface area contributed by atoms with E-state index in [1.165, 1.54) is 5.06 Å². The average molecular weight is 623 g/mol. The SMILES string of the molecule is CCCCOC(=O)ON1CCN(C(=O)[C@@H](NC(=O)c2cc(N3C[C@@H]4C(CC(=O)O)[C@@H]4C3)nc(-c3ccccc3)n2)C(C)C)CC1. The fourth-order valence-corrected chi connectivity index (χ4v) is 6.13. The molecular formula is C32H42N6O7. The molecule has 0 radical (unpaired) electrons. The second-order valence-electron chi connectivity index (χ2n) is 12.3. The van der Waals surface area contributed by atoms with Gasteiger partial charge < -0.3 is 29.8 Å². The van der Waals surface area contributed by atoms with Gasteiger partial charge in [-0.3, -0.25) is 14.4 Å². The van der Waals surface area contributed by atoms with Gasteiger partial charge in [-0.25, -0.2) is 14.8 Å². The summed E-state index contributed by atoms with van der Waals surface area (Å²) >= 11 is 0. The van der Waals surface area contributed by atoms with Crippen molar-refractivity contribution in [3.63, 3.8) is 0 Å². The third kappa shape index (κ3) is 7.88. The number of benzene rings is 1. The number of hydrogen-bond donors (Lipinski definition) is 2. The van der Waals surface area contributed by atoms with Gasteiger partial charge in [0.05, 0.1) is 19.7 Å². The summed E-state index contributed by atoms with van der Waals surface area (Å²) in [6.07, 6.45) is 1.09. The van der Waals surface area contributed by atoms with Crippen LogP contribution in [0.3, 0.4) is 0 Å². The number of unbranched alkanes of at least 4 members (excludes halogenated alkanes) is 1. The van der Waals surface area contributed by atoms with E-state index in [-0.39, 0.29) is 29.9 Å². The molecule has 2 aromatic rings. The number of piperidine rings is 1. The zero-order valence-corrected chi connectivity index (χ0v) is 26.1. The van der Waals surface area contributed by atoms with Crippen LogP contribution in [0, 0.1) is 23.7 Å². The molecule has 1 aromatic heterocycles. The maximum atomic E-state index is 13.7. The number of fused-ring (bicyclic) bond motifs is 1. The Morgan fingerprint density at radius 3 is 2.33 bits per heavy atom. The van der Waals surface area contributed by atoms with Gasteiger partial charge in [0.25, 0.3) is 5.91 Å². The van der Waals surface area contributed by atoms with E-state index in [4.69, 9.17) is 14.6 Å². The fourth-order valence-electron chi connectivity index (χ4n) is 6.13. The quantitative estimate of drug-likeness (QED) is 0.265. The molecule has 1 unspecified atom stereocenters. The van der Waals surface area contributed by atoms with Crippen molar-refractivity contribution < 1.29 is 33.9 Å². The topological polar surface area (TPSA) is 154 Å². The molecule has 0 bridgehead atoms. The van der Waals surface area contributed by atoms with Crippen LogP contribution in [0.2, 0.25) is 0 Å². The summed E-state index contributed by atoms with van der Waals surface area (Å²) in [5, 5.41) is 13.6. The van der Waals surface area contributed by atoms with Crippen LogP contribution in [0.5, 0.6) is 0 Å². The number of carboxylic acids is 1. The van der Waals surface area contributed by atoms with Crippen molar-refractivity contribution in [3.8, 4) is 11.4 Å². The van der Waals surface area contributed by atoms with Gasteiger partial charge >= 0.3 is 12.1 Å². The minimum atomic E-state index is -0.793. The maximum Gasteiger partial charge on any atom is 0.527 e. The van der Waals surface area contributed by atoms with Crippen LogP contribution in [-0.2, 0) is 19.2 Å². The Morgan fingerprint density at radius 2 is 1.71 bits per heavy atom. The summed E-state index contributed by atoms with van der Waals surface area (Å²) in [6, 6.07) is 10.2. The van der Waals surface area contributed by atoms with Gasteiger partial charge in [-0.2, -0.15) is 0 Å². The molecule has 4 atom stereocenters. The highest BCUT2D eigenvalue weighted by Crippen LogP contribution is 2.54. The van der Waals surface area contributed by atoms with Crippen molar-refractivity contribution in [1.82, 2.24) is 25.2 Å². The predicted molar refractivity (Wildman–Crippen MR) is 164 cm³/mol. The third-order valence-corrected chi connectivity index (χ3v) is 8.77. The number of hydroxylamine groups is 2. The molecule has 2 aliphatic heterocycles. The highest BCUT2D eigenvalue weighted by Gasteiger charge is 2.56. The number of aliphatic carboxylic acids is 1. The minimum absolute atomic E-state index is 0.153. The average Bonchev–Trinajstić information content (AvgIpc) is 3.44. The second-order valence-corrected chi connectivity index (χ2v) is 12.3. The molecule has 242 valence electrons. The van der Waals surface area contributed by atoms with Gasteiger partial charge in [-0.05, 0) is 30.1 Å². The molecule has 2 amide bonds. The third-order valence-electron chi connectivity index (χ3n) is 8.77. The molecule has 3 fully saturated rings. The van der Waals surface area contributed by atoms with Crippen LogP contribution in [0.25, 0.3) is 11.4 Å². The number of carbonyl (C=O) groups is 4. The highest BCUT2D eigenvalue weighted by molar-refractivity contribution is 5.97. The van der Waals surface area contributed by atoms with E-state index in [1.807, 2.05) is 51.1 Å². The van der Waals surface area contributed by atoms with E-state index in [1.54, 1.807) is 11.0 Å². The number of anilines is 1. The molecule has 1 saturated carbocycles. The van der Waals surface area contributed by atoms with Crippen LogP contribution in [0.4, 0.5) is 10.6 Å². The molecule has 3 heterocycles. The van der Waals surface area contributed by atoms with E-state index in [2.05, 4.69) is 15.2 Å². The van der Waals surface area contributed by atoms with Crippen molar-refractivity contribution in [2.45, 2.75) is 46.1 Å². The molecule has 13 heteroatoms. The molecular weight excluding hydrogens is 580 g/mol. The number of nitrogens with one attached hydrogen (secondary N) is 1. The first-order valence-electron chi connectivity index (χ1n) is 15.7. The molecule has 2 N–H and O–H groups in total. The monoisotopic (exact) mass is 622 g/mol. The maximum absolute atomic E-state index is 13.7. The van der Waals surface area contributed by atoms with Gasteiger partial charge in [-0.1, -0.05) is 57.5 Å². The zero-order valence-electron chi connectivity index (χ0n) is 26.1. The number of amides is 2. The molecule has 1 aromatic carbocycles. The van der Waals surface area contributed by atoms with Crippen LogP contribution in [0.15, 0.2) is 36.4 Å². The van der Waals surface area contributed by atoms with Crippen molar-refractivity contribution >= 4 is 29.8 Å². The number of nitrogens with zero attached hydrogens (tertiary/aromatic N) is 5. The Bertz CT molecular complexity index is 1370. The first-order chi connectivity index (χ1) is 21.6. The van der Waals surface area contributed by atoms with Gasteiger partial charge in [0.2, 0.25) is 5.91 Å². The number of carbonyl (C=O) groups excluding carboxylic acids is 3. The van der Waals surface area contributed by atoms with Gasteiger partial charge in [0, 0.05) is 44.2 Å². The van der Waals surface area contributed by atoms with E-state index < -0.39 is 24.1 Å². The molecule has 13 nitrogen and oxygen atoms in total. The summed E-state index contributed by atoms with van der Waals surface area (Å²) in [6.45, 7) is 8.72. The smallest absolute Gasteiger partial charge is 0.481 e. The summed E-state index contributed by atoms with van der Waals surface area (Å²) < 4.78 is 5.05. The lowest BCUT2D eigenvalue weighted by Gasteiger charge is -2.35. The van der Waals surface area contributed by atoms with Crippen molar-refractivity contribution in [1.29, 1.82) is 0 Å². The van der Waals surface area contributed by atoms with Gasteiger partial charge in [0.1, 0.15) is 17.6 Å². The van der Waals surface area contributed by atoms with Crippen LogP contribution >= 0.6 is 0 Å². The van der Waals surface area contributed by atoms with Crippen molar-refractivity contribution in [2.24, 2.45) is 23.7 Å². The highest BCUT2D eigenvalue weighted by atomic mass is 16.8. The Hall–Kier alpha value is -4.26. The Balaban J connectivity index is 1.25. The van der Waals surface area contributed by atoms with Gasteiger partial charge in [-0.15, -0.1) is 5.06 Å². The first kappa shape index (κ1) is 32.1. The van der Waals surface area contributed by atoms with E-state index in [0.29, 0.717) is 69.4 Å². The molecule has 3 aliphatic rings. The molecule has 1 aliphatic carbocycles. The second kappa shape index (κ2) is 14.2. The van der Waals surface area contributed by atoms with Crippen molar-refractivity contribution in [3.05, 3.63) is 42.1 Å². The largest absolute Gasteiger partial charge is 0.527 e. The molecule has 5 rings (SSSR count). The van der Waals surface area contributed by atoms with E-state index >= 15 is 0 Å². The van der Waals surface area contributed by atoms with Gasteiger partial charge in [0.15, 0.2) is 5.82 Å². The van der Waals surface area contributed by atoms with Crippen LogP contribution < -0.4 is 10.2 Å². The van der Waals surface area contributed by atoms with Crippen LogP contribution in [-0.4, -0.2) is 101 Å². The lowest BCUT2D eigenvalue weighted by molar-refractivity contribution is -0.158. The summed E-state index contributed by atoms with van der Waals surface area (Å²) in [7, 11) is 0. The number of aromatic nitrogens is 2. The molecule has 2 saturated heterocycles. The van der Waals surface area contributed by atoms with Crippen LogP contribution in [0.1, 0.15) is 50.5 Å². The first-order valence-corrected chi connectivity index (χ1v) is 15.7. The normalized spacial score (nSPS) is 21.6. The minimum Gasteiger partial charge on any atom is -0.481 e. The fraction of sp³-hybridized carbons (Fsp3) is 0.562. The summed E-state index contributed by atoms with van der Waals surface area (Å²) in [5.41, 5.74) is 0.909. The zero-order chi connectivity index (χ0) is 32.1. The molecule has 0 spiro atoms. The Labute approximate surface area is 262 Å². The Kier molecular flexibility index (Phi) is 10.2. The standard InChI is InChI=1S/C32H42N6O7/c1-4-5-15-44-32(43)45-38-13-11-36(12-14-38)31(42)28(20(2)3)35-30(41)25-17-26(34-29(33-25)21-9-7-6-8-10-21)37-18-23-22(16-27(39)40)24(23)19-37/h6-10,17,20,22-24,28H,4-5,11-16,18-19H2,1-3H3,(H,35,41)(H,39,40)/t22?,23-,24+,28-/m0/s1. The number of piperazine rings is 1. The number of ether oxygens (including phenoxy) is 1. The predicted octanol–water partition coefficient (Wildman–Crippen LogP) is 3.07. The number of carboxylic acid groups (broad SMARTS) is 1. The Morgan fingerprint density at radius 1 is 1.02 bits per heavy atom. The van der Waals surface area contributed by atoms with E-state index in [9.17, 15) is 24.3 Å². The number of rotatable bonds is 12. The van der Waals surface area contributed by atoms with Crippen molar-refractivity contribution in [2.75, 3.05) is 50.8 Å². The summed E-state index contributed by atoms with van der Waals surface area (Å²) in [5.74, 6) is 0.116. The number of hydrogen-bond acceptors (Lipinski definition) is 10. The van der Waals surface area contributed by atoms with E-state index in [0.717, 1.165) is 18.4 Å². The lowest BCUT2D eigenvalue weighted by atomic mass is 10.0. The summed E-state index contributed by atoms with van der Waals surface area (Å²) in [4.78, 5) is 68.8. The molecule has 45 heavy (non-hydrogen) atoms.